The molecule has 0 aliphatic rings. The maximum atomic E-state index is 12.2. The van der Waals surface area contributed by atoms with E-state index in [0.717, 1.165) is 11.1 Å². The number of fused-ring (bicyclic) bond motifs is 1. The fourth-order valence-electron chi connectivity index (χ4n) is 2.67. The van der Waals surface area contributed by atoms with E-state index in [9.17, 15) is 4.79 Å². The van der Waals surface area contributed by atoms with E-state index >= 15 is 0 Å². The Morgan fingerprint density at radius 1 is 1.00 bits per heavy atom. The summed E-state index contributed by atoms with van der Waals surface area (Å²) in [6.45, 7) is 0. The van der Waals surface area contributed by atoms with Crippen molar-refractivity contribution in [3.05, 3.63) is 89.5 Å². The fraction of sp³-hybridized carbons (Fsp3) is 0. The lowest BCUT2D eigenvalue weighted by Gasteiger charge is -2.05. The Kier molecular flexibility index (Phi) is 4.73. The molecule has 1 heterocycles. The highest BCUT2D eigenvalue weighted by molar-refractivity contribution is 6.33. The Bertz CT molecular complexity index is 1100. The molecule has 0 radical (unpaired) electrons. The first kappa shape index (κ1) is 17.1. The average Bonchev–Trinajstić information content (AvgIpc) is 3.13. The highest BCUT2D eigenvalue weighted by Crippen LogP contribution is 2.32. The molecular formula is C22H15ClN2O2. The number of aromatic nitrogens is 1. The third kappa shape index (κ3) is 3.91. The van der Waals surface area contributed by atoms with Crippen LogP contribution in [-0.4, -0.2) is 10.9 Å². The van der Waals surface area contributed by atoms with Gasteiger partial charge in [0.25, 0.3) is 0 Å². The Morgan fingerprint density at radius 3 is 2.59 bits per heavy atom. The van der Waals surface area contributed by atoms with E-state index in [2.05, 4.69) is 10.3 Å². The number of hydrogen-bond acceptors (Lipinski definition) is 3. The zero-order chi connectivity index (χ0) is 18.6. The van der Waals surface area contributed by atoms with Crippen LogP contribution in [0.1, 0.15) is 5.56 Å². The van der Waals surface area contributed by atoms with Crippen molar-refractivity contribution in [2.75, 3.05) is 5.32 Å². The van der Waals surface area contributed by atoms with Crippen molar-refractivity contribution in [1.29, 1.82) is 0 Å². The second-order valence-electron chi connectivity index (χ2n) is 5.91. The van der Waals surface area contributed by atoms with Crippen LogP contribution in [0.25, 0.3) is 28.6 Å². The van der Waals surface area contributed by atoms with E-state index < -0.39 is 0 Å². The smallest absolute Gasteiger partial charge is 0.248 e. The van der Waals surface area contributed by atoms with Crippen LogP contribution in [0.15, 0.2) is 83.3 Å². The Labute approximate surface area is 161 Å². The number of amides is 1. The Balaban J connectivity index is 1.57. The van der Waals surface area contributed by atoms with Crippen LogP contribution in [0.3, 0.4) is 0 Å². The van der Waals surface area contributed by atoms with Crippen LogP contribution >= 0.6 is 11.6 Å². The predicted octanol–water partition coefficient (Wildman–Crippen LogP) is 5.80. The van der Waals surface area contributed by atoms with E-state index in [0.29, 0.717) is 27.7 Å². The molecule has 1 amide bonds. The van der Waals surface area contributed by atoms with Crippen molar-refractivity contribution in [1.82, 2.24) is 4.98 Å². The number of benzene rings is 3. The van der Waals surface area contributed by atoms with Crippen LogP contribution in [0.5, 0.6) is 0 Å². The van der Waals surface area contributed by atoms with Gasteiger partial charge in [0.05, 0.1) is 10.6 Å². The number of para-hydroxylation sites is 2. The van der Waals surface area contributed by atoms with Crippen molar-refractivity contribution in [3.8, 4) is 11.5 Å². The van der Waals surface area contributed by atoms with E-state index in [4.69, 9.17) is 16.0 Å². The van der Waals surface area contributed by atoms with Crippen LogP contribution in [0, 0.1) is 0 Å². The normalized spacial score (nSPS) is 11.1. The molecule has 4 nitrogen and oxygen atoms in total. The van der Waals surface area contributed by atoms with Crippen molar-refractivity contribution >= 4 is 40.4 Å². The molecule has 0 spiro atoms. The van der Waals surface area contributed by atoms with Crippen molar-refractivity contribution in [2.45, 2.75) is 0 Å². The van der Waals surface area contributed by atoms with Gasteiger partial charge in [0, 0.05) is 11.8 Å². The number of rotatable bonds is 4. The minimum Gasteiger partial charge on any atom is -0.436 e. The molecule has 0 fully saturated rings. The van der Waals surface area contributed by atoms with Crippen molar-refractivity contribution in [2.24, 2.45) is 0 Å². The molecule has 0 bridgehead atoms. The van der Waals surface area contributed by atoms with Gasteiger partial charge in [-0.3, -0.25) is 4.79 Å². The van der Waals surface area contributed by atoms with Gasteiger partial charge in [0.15, 0.2) is 5.58 Å². The Hall–Kier alpha value is -3.37. The van der Waals surface area contributed by atoms with Gasteiger partial charge in [-0.15, -0.1) is 0 Å². The summed E-state index contributed by atoms with van der Waals surface area (Å²) in [6, 6.07) is 22.3. The predicted molar refractivity (Wildman–Crippen MR) is 109 cm³/mol. The SMILES string of the molecule is O=C(/C=C/c1ccccc1)Nc1ccc(Cl)c(-c2nc3ccccc3o2)c1. The standard InChI is InChI=1S/C22H15ClN2O2/c23-18-12-11-16(24-21(26)13-10-15-6-2-1-3-7-15)14-17(18)22-25-19-8-4-5-9-20(19)27-22/h1-14H,(H,24,26)/b13-10+. The summed E-state index contributed by atoms with van der Waals surface area (Å²) in [6.07, 6.45) is 3.25. The molecule has 4 rings (SSSR count). The number of hydrogen-bond donors (Lipinski definition) is 1. The number of nitrogens with one attached hydrogen (secondary N) is 1. The molecule has 27 heavy (non-hydrogen) atoms. The van der Waals surface area contributed by atoms with E-state index in [1.54, 1.807) is 24.3 Å². The zero-order valence-electron chi connectivity index (χ0n) is 14.2. The first-order chi connectivity index (χ1) is 13.2. The number of oxazole rings is 1. The van der Waals surface area contributed by atoms with Gasteiger partial charge >= 0.3 is 0 Å². The van der Waals surface area contributed by atoms with Gasteiger partial charge in [-0.05, 0) is 42.0 Å². The summed E-state index contributed by atoms with van der Waals surface area (Å²) in [5, 5.41) is 3.33. The number of carbonyl (C=O) groups excluding carboxylic acids is 1. The molecule has 0 saturated heterocycles. The Morgan fingerprint density at radius 2 is 1.78 bits per heavy atom. The first-order valence-corrected chi connectivity index (χ1v) is 8.76. The molecule has 3 aromatic carbocycles. The minimum absolute atomic E-state index is 0.232. The first-order valence-electron chi connectivity index (χ1n) is 8.39. The van der Waals surface area contributed by atoms with Gasteiger partial charge in [-0.2, -0.15) is 0 Å². The fourth-order valence-corrected chi connectivity index (χ4v) is 2.87. The summed E-state index contributed by atoms with van der Waals surface area (Å²) in [7, 11) is 0. The van der Waals surface area contributed by atoms with Gasteiger partial charge in [0.2, 0.25) is 11.8 Å². The molecule has 132 valence electrons. The molecule has 1 aromatic heterocycles. The summed E-state index contributed by atoms with van der Waals surface area (Å²) in [4.78, 5) is 16.7. The van der Waals surface area contributed by atoms with Crippen LogP contribution < -0.4 is 5.32 Å². The molecule has 5 heteroatoms. The number of nitrogens with zero attached hydrogens (tertiary/aromatic N) is 1. The summed E-state index contributed by atoms with van der Waals surface area (Å²) in [5.74, 6) is 0.182. The molecule has 0 atom stereocenters. The molecule has 0 aliphatic heterocycles. The maximum absolute atomic E-state index is 12.2. The molecule has 4 aromatic rings. The third-order valence-electron chi connectivity index (χ3n) is 3.98. The van der Waals surface area contributed by atoms with Gasteiger partial charge in [-0.25, -0.2) is 4.98 Å². The third-order valence-corrected chi connectivity index (χ3v) is 4.31. The van der Waals surface area contributed by atoms with Crippen LogP contribution in [0.2, 0.25) is 5.02 Å². The van der Waals surface area contributed by atoms with Crippen molar-refractivity contribution in [3.63, 3.8) is 0 Å². The molecule has 0 aliphatic carbocycles. The van der Waals surface area contributed by atoms with Crippen LogP contribution in [0.4, 0.5) is 5.69 Å². The van der Waals surface area contributed by atoms with E-state index in [-0.39, 0.29) is 5.91 Å². The monoisotopic (exact) mass is 374 g/mol. The van der Waals surface area contributed by atoms with Crippen LogP contribution in [-0.2, 0) is 4.79 Å². The number of carbonyl (C=O) groups is 1. The summed E-state index contributed by atoms with van der Waals surface area (Å²) >= 11 is 6.31. The number of halogens is 1. The number of anilines is 1. The minimum atomic E-state index is -0.232. The summed E-state index contributed by atoms with van der Waals surface area (Å²) in [5.41, 5.74) is 3.63. The molecular weight excluding hydrogens is 360 g/mol. The van der Waals surface area contributed by atoms with Gasteiger partial charge < -0.3 is 9.73 Å². The average molecular weight is 375 g/mol. The topological polar surface area (TPSA) is 55.1 Å². The molecule has 1 N–H and O–H groups in total. The zero-order valence-corrected chi connectivity index (χ0v) is 15.0. The van der Waals surface area contributed by atoms with E-state index in [1.807, 2.05) is 54.6 Å². The lowest BCUT2D eigenvalue weighted by molar-refractivity contribution is -0.111. The lowest BCUT2D eigenvalue weighted by Crippen LogP contribution is -2.07. The maximum Gasteiger partial charge on any atom is 0.248 e. The quantitative estimate of drug-likeness (QED) is 0.459. The highest BCUT2D eigenvalue weighted by atomic mass is 35.5. The largest absolute Gasteiger partial charge is 0.436 e. The lowest BCUT2D eigenvalue weighted by atomic mass is 10.2. The van der Waals surface area contributed by atoms with Crippen molar-refractivity contribution < 1.29 is 9.21 Å². The molecule has 0 unspecified atom stereocenters. The highest BCUT2D eigenvalue weighted by Gasteiger charge is 2.13. The second-order valence-corrected chi connectivity index (χ2v) is 6.32. The van der Waals surface area contributed by atoms with E-state index in [1.165, 1.54) is 6.08 Å². The second kappa shape index (κ2) is 7.48. The summed E-state index contributed by atoms with van der Waals surface area (Å²) < 4.78 is 5.78. The molecule has 0 saturated carbocycles. The van der Waals surface area contributed by atoms with Gasteiger partial charge in [-0.1, -0.05) is 54.1 Å². The van der Waals surface area contributed by atoms with Gasteiger partial charge in [0.1, 0.15) is 5.52 Å².